The smallest absolute Gasteiger partial charge is 0.406 e. The lowest BCUT2D eigenvalue weighted by Gasteiger charge is -2.17. The molecule has 1 N–H and O–H groups in total. The van der Waals surface area contributed by atoms with Crippen molar-refractivity contribution in [3.05, 3.63) is 71.2 Å². The van der Waals surface area contributed by atoms with Crippen molar-refractivity contribution in [3.63, 3.8) is 0 Å². The summed E-state index contributed by atoms with van der Waals surface area (Å²) < 4.78 is 5.74. The van der Waals surface area contributed by atoms with E-state index in [4.69, 9.17) is 4.74 Å². The van der Waals surface area contributed by atoms with E-state index < -0.39 is 12.1 Å². The normalized spacial score (nSPS) is 14.8. The van der Waals surface area contributed by atoms with Gasteiger partial charge in [0.2, 0.25) is 6.10 Å². The Bertz CT molecular complexity index is 714. The van der Waals surface area contributed by atoms with E-state index in [2.05, 4.69) is 5.32 Å². The van der Waals surface area contributed by atoms with Gasteiger partial charge in [0.15, 0.2) is 6.20 Å². The van der Waals surface area contributed by atoms with Crippen LogP contribution in [0.25, 0.3) is 0 Å². The molecule has 0 radical (unpaired) electrons. The largest absolute Gasteiger partial charge is 0.618 e. The number of pyridine rings is 1. The Kier molecular flexibility index (Phi) is 4.23. The molecule has 2 aromatic rings. The van der Waals surface area contributed by atoms with Crippen molar-refractivity contribution in [3.8, 4) is 0 Å². The van der Waals surface area contributed by atoms with Crippen LogP contribution in [0.3, 0.4) is 0 Å². The lowest BCUT2D eigenvalue weighted by Crippen LogP contribution is -2.38. The van der Waals surface area contributed by atoms with E-state index in [1.165, 1.54) is 18.3 Å². The first-order valence-electron chi connectivity index (χ1n) is 7.39. The van der Waals surface area contributed by atoms with Gasteiger partial charge in [-0.2, -0.15) is 4.73 Å². The van der Waals surface area contributed by atoms with Crippen LogP contribution in [0, 0.1) is 5.21 Å². The van der Waals surface area contributed by atoms with E-state index in [0.29, 0.717) is 10.3 Å². The van der Waals surface area contributed by atoms with E-state index in [9.17, 15) is 14.8 Å². The minimum absolute atomic E-state index is 0.147. The lowest BCUT2D eigenvalue weighted by molar-refractivity contribution is -0.608. The fourth-order valence-electron chi connectivity index (χ4n) is 2.16. The van der Waals surface area contributed by atoms with Crippen LogP contribution in [0.2, 0.25) is 0 Å². The van der Waals surface area contributed by atoms with Gasteiger partial charge in [0, 0.05) is 23.7 Å². The van der Waals surface area contributed by atoms with Crippen LogP contribution in [0.5, 0.6) is 0 Å². The molecule has 118 valence electrons. The average molecular weight is 312 g/mol. The average Bonchev–Trinajstić information content (AvgIpc) is 3.37. The third-order valence-corrected chi connectivity index (χ3v) is 3.52. The summed E-state index contributed by atoms with van der Waals surface area (Å²) in [6.07, 6.45) is 1.99. The summed E-state index contributed by atoms with van der Waals surface area (Å²) in [5, 5.41) is 14.5. The van der Waals surface area contributed by atoms with E-state index in [0.717, 1.165) is 12.8 Å². The number of nitrogens with one attached hydrogen (secondary N) is 1. The highest BCUT2D eigenvalue weighted by Gasteiger charge is 2.32. The zero-order valence-corrected chi connectivity index (χ0v) is 12.3. The number of esters is 1. The van der Waals surface area contributed by atoms with Crippen LogP contribution in [-0.2, 0) is 9.53 Å². The van der Waals surface area contributed by atoms with Crippen molar-refractivity contribution < 1.29 is 19.1 Å². The van der Waals surface area contributed by atoms with Crippen LogP contribution in [0.1, 0.15) is 35.0 Å². The van der Waals surface area contributed by atoms with Gasteiger partial charge in [-0.15, -0.1) is 0 Å². The third kappa shape index (κ3) is 3.66. The molecular formula is C17H16N2O4. The molecule has 1 aromatic carbocycles. The number of nitrogens with zero attached hydrogens (tertiary/aromatic N) is 1. The standard InChI is InChI=1S/C17H16N2O4/c20-16(18-13-9-10-13)15(12-6-2-1-3-7-12)23-17(21)14-8-4-5-11-19(14)22/h1-8,11,13,15H,9-10H2,(H,18,20)/t15-/m1/s1. The number of hydrogen-bond acceptors (Lipinski definition) is 4. The molecule has 1 heterocycles. The van der Waals surface area contributed by atoms with Crippen molar-refractivity contribution in [2.75, 3.05) is 0 Å². The topological polar surface area (TPSA) is 82.3 Å². The molecule has 6 nitrogen and oxygen atoms in total. The first-order chi connectivity index (χ1) is 11.1. The Hall–Kier alpha value is -2.89. The van der Waals surface area contributed by atoms with Gasteiger partial charge >= 0.3 is 11.7 Å². The molecule has 23 heavy (non-hydrogen) atoms. The number of ether oxygens (including phenoxy) is 1. The molecule has 0 saturated heterocycles. The molecule has 1 atom stereocenters. The summed E-state index contributed by atoms with van der Waals surface area (Å²) in [5.74, 6) is -1.21. The Balaban J connectivity index is 1.82. The molecule has 0 bridgehead atoms. The van der Waals surface area contributed by atoms with Crippen molar-refractivity contribution in [2.24, 2.45) is 0 Å². The molecule has 6 heteroatoms. The van der Waals surface area contributed by atoms with Gasteiger partial charge in [-0.05, 0) is 18.9 Å². The maximum Gasteiger partial charge on any atom is 0.406 e. The first kappa shape index (κ1) is 15.0. The number of carbonyl (C=O) groups excluding carboxylic acids is 2. The number of hydrogen-bond donors (Lipinski definition) is 1. The van der Waals surface area contributed by atoms with E-state index in [1.807, 2.05) is 6.07 Å². The minimum Gasteiger partial charge on any atom is -0.618 e. The molecule has 1 aliphatic carbocycles. The quantitative estimate of drug-likeness (QED) is 0.515. The van der Waals surface area contributed by atoms with Gasteiger partial charge in [-0.1, -0.05) is 30.3 Å². The van der Waals surface area contributed by atoms with Crippen molar-refractivity contribution in [2.45, 2.75) is 25.0 Å². The molecule has 1 aromatic heterocycles. The molecule has 1 saturated carbocycles. The predicted molar refractivity (Wildman–Crippen MR) is 81.2 cm³/mol. The first-order valence-corrected chi connectivity index (χ1v) is 7.39. The summed E-state index contributed by atoms with van der Waals surface area (Å²) in [6.45, 7) is 0. The summed E-state index contributed by atoms with van der Waals surface area (Å²) in [5.41, 5.74) is 0.403. The molecule has 0 aliphatic heterocycles. The second kappa shape index (κ2) is 6.48. The fraction of sp³-hybridized carbons (Fsp3) is 0.235. The highest BCUT2D eigenvalue weighted by molar-refractivity contribution is 5.90. The zero-order valence-electron chi connectivity index (χ0n) is 12.3. The monoisotopic (exact) mass is 312 g/mol. The van der Waals surface area contributed by atoms with Crippen LogP contribution in [0.15, 0.2) is 54.7 Å². The van der Waals surface area contributed by atoms with Gasteiger partial charge in [-0.3, -0.25) is 4.79 Å². The molecule has 3 rings (SSSR count). The van der Waals surface area contributed by atoms with Crippen molar-refractivity contribution in [1.29, 1.82) is 0 Å². The van der Waals surface area contributed by atoms with E-state index in [1.54, 1.807) is 30.3 Å². The minimum atomic E-state index is -1.08. The summed E-state index contributed by atoms with van der Waals surface area (Å²) >= 11 is 0. The van der Waals surface area contributed by atoms with Gasteiger partial charge < -0.3 is 15.3 Å². The number of benzene rings is 1. The molecule has 1 fully saturated rings. The number of aromatic nitrogens is 1. The third-order valence-electron chi connectivity index (χ3n) is 3.52. The fourth-order valence-corrected chi connectivity index (χ4v) is 2.16. The van der Waals surface area contributed by atoms with Gasteiger partial charge in [-0.25, -0.2) is 4.79 Å². The SMILES string of the molecule is O=C(O[C@@H](C(=O)NC1CC1)c1ccccc1)c1cccc[n+]1[O-]. The van der Waals surface area contributed by atoms with Crippen LogP contribution in [-0.4, -0.2) is 17.9 Å². The molecule has 1 aliphatic rings. The van der Waals surface area contributed by atoms with Crippen molar-refractivity contribution >= 4 is 11.9 Å². The van der Waals surface area contributed by atoms with Gasteiger partial charge in [0.1, 0.15) is 0 Å². The zero-order chi connectivity index (χ0) is 16.2. The second-order valence-corrected chi connectivity index (χ2v) is 5.39. The maximum atomic E-state index is 12.4. The summed E-state index contributed by atoms with van der Waals surface area (Å²) in [7, 11) is 0. The number of amides is 1. The summed E-state index contributed by atoms with van der Waals surface area (Å²) in [6, 6.07) is 13.3. The second-order valence-electron chi connectivity index (χ2n) is 5.39. The van der Waals surface area contributed by atoms with Crippen LogP contribution < -0.4 is 10.0 Å². The lowest BCUT2D eigenvalue weighted by atomic mass is 10.1. The Morgan fingerprint density at radius 3 is 2.48 bits per heavy atom. The molecule has 1 amide bonds. The van der Waals surface area contributed by atoms with Crippen molar-refractivity contribution in [1.82, 2.24) is 5.32 Å². The molecule has 0 unspecified atom stereocenters. The predicted octanol–water partition coefficient (Wildman–Crippen LogP) is 1.50. The Labute approximate surface area is 133 Å². The number of rotatable bonds is 5. The maximum absolute atomic E-state index is 12.4. The molecule has 0 spiro atoms. The highest BCUT2D eigenvalue weighted by Crippen LogP contribution is 2.23. The van der Waals surface area contributed by atoms with Crippen LogP contribution >= 0.6 is 0 Å². The van der Waals surface area contributed by atoms with Gasteiger partial charge in [0.05, 0.1) is 0 Å². The van der Waals surface area contributed by atoms with Crippen LogP contribution in [0.4, 0.5) is 0 Å². The van der Waals surface area contributed by atoms with Gasteiger partial charge in [0.25, 0.3) is 5.91 Å². The van der Waals surface area contributed by atoms with E-state index >= 15 is 0 Å². The number of carbonyl (C=O) groups is 2. The highest BCUT2D eigenvalue weighted by atomic mass is 16.6. The van der Waals surface area contributed by atoms with E-state index in [-0.39, 0.29) is 17.6 Å². The molecular weight excluding hydrogens is 296 g/mol. The Morgan fingerprint density at radius 1 is 1.13 bits per heavy atom. The Morgan fingerprint density at radius 2 is 1.83 bits per heavy atom. The summed E-state index contributed by atoms with van der Waals surface area (Å²) in [4.78, 5) is 24.6.